The topological polar surface area (TPSA) is 115 Å². The zero-order valence-electron chi connectivity index (χ0n) is 11.5. The molecule has 0 radical (unpaired) electrons. The van der Waals surface area contributed by atoms with Crippen molar-refractivity contribution in [1.82, 2.24) is 9.62 Å². The van der Waals surface area contributed by atoms with E-state index in [0.29, 0.717) is 25.5 Å². The highest BCUT2D eigenvalue weighted by molar-refractivity contribution is 7.88. The second kappa shape index (κ2) is 7.39. The van der Waals surface area contributed by atoms with Crippen LogP contribution < -0.4 is 11.1 Å². The minimum atomic E-state index is -3.54. The number of nitrogens with zero attached hydrogens (tertiary/aromatic N) is 1. The van der Waals surface area contributed by atoms with Gasteiger partial charge in [-0.3, -0.25) is 4.79 Å². The molecule has 0 saturated carbocycles. The zero-order chi connectivity index (χ0) is 15.2. The first-order chi connectivity index (χ1) is 9.34. The summed E-state index contributed by atoms with van der Waals surface area (Å²) in [6.45, 7) is 1.06. The fraction of sp³-hybridized carbons (Fsp3) is 0.545. The van der Waals surface area contributed by atoms with Crippen LogP contribution in [0, 0.1) is 0 Å². The highest BCUT2D eigenvalue weighted by atomic mass is 32.2. The largest absolute Gasteiger partial charge is 0.447 e. The maximum absolute atomic E-state index is 11.8. The number of ether oxygens (including phenoxy) is 1. The molecule has 3 N–H and O–H groups in total. The summed E-state index contributed by atoms with van der Waals surface area (Å²) >= 11 is 0. The molecule has 0 aromatic carbocycles. The van der Waals surface area contributed by atoms with Gasteiger partial charge < -0.3 is 20.2 Å². The summed E-state index contributed by atoms with van der Waals surface area (Å²) in [5, 5.41) is 2.90. The molecular formula is C11H19N3O5S. The molecule has 0 aliphatic heterocycles. The number of hydrogen-bond acceptors (Lipinski definition) is 6. The Morgan fingerprint density at radius 1 is 1.45 bits per heavy atom. The van der Waals surface area contributed by atoms with E-state index in [2.05, 4.69) is 5.32 Å². The van der Waals surface area contributed by atoms with E-state index in [1.165, 1.54) is 20.2 Å². The molecule has 8 nitrogen and oxygen atoms in total. The third kappa shape index (κ3) is 4.93. The number of nitrogens with two attached hydrogens (primary N) is 1. The predicted octanol–water partition coefficient (Wildman–Crippen LogP) is -0.879. The molecular weight excluding hydrogens is 286 g/mol. The summed E-state index contributed by atoms with van der Waals surface area (Å²) in [5.41, 5.74) is 4.91. The van der Waals surface area contributed by atoms with E-state index in [9.17, 15) is 13.2 Å². The number of sulfonamides is 1. The van der Waals surface area contributed by atoms with Crippen molar-refractivity contribution in [3.05, 3.63) is 17.9 Å². The zero-order valence-corrected chi connectivity index (χ0v) is 12.3. The van der Waals surface area contributed by atoms with Crippen molar-refractivity contribution in [2.45, 2.75) is 11.6 Å². The van der Waals surface area contributed by atoms with Crippen molar-refractivity contribution in [3.8, 4) is 0 Å². The summed E-state index contributed by atoms with van der Waals surface area (Å²) in [5.74, 6) is -0.0186. The first-order valence-electron chi connectivity index (χ1n) is 5.92. The quantitative estimate of drug-likeness (QED) is 0.573. The third-order valence-electron chi connectivity index (χ3n) is 2.34. The number of rotatable bonds is 9. The van der Waals surface area contributed by atoms with Crippen LogP contribution in [0.1, 0.15) is 5.76 Å². The van der Waals surface area contributed by atoms with Crippen molar-refractivity contribution in [2.24, 2.45) is 5.73 Å². The van der Waals surface area contributed by atoms with Crippen molar-refractivity contribution in [2.75, 3.05) is 33.9 Å². The molecule has 0 atom stereocenters. The SMILES string of the molecule is CN(C)S(=O)(=O)c1ccc(CNCCOCC(N)=O)o1. The normalized spacial score (nSPS) is 11.9. The van der Waals surface area contributed by atoms with Gasteiger partial charge in [-0.1, -0.05) is 0 Å². The molecule has 0 aliphatic carbocycles. The Kier molecular flexibility index (Phi) is 6.14. The molecule has 0 saturated heterocycles. The Balaban J connectivity index is 2.36. The molecule has 0 spiro atoms. The fourth-order valence-corrected chi connectivity index (χ4v) is 2.11. The van der Waals surface area contributed by atoms with E-state index in [-0.39, 0.29) is 11.7 Å². The van der Waals surface area contributed by atoms with Crippen LogP contribution in [0.4, 0.5) is 0 Å². The van der Waals surface area contributed by atoms with Crippen LogP contribution in [-0.2, 0) is 26.1 Å². The van der Waals surface area contributed by atoms with Gasteiger partial charge in [-0.15, -0.1) is 0 Å². The molecule has 0 bridgehead atoms. The second-order valence-corrected chi connectivity index (χ2v) is 6.29. The number of furan rings is 1. The van der Waals surface area contributed by atoms with Gasteiger partial charge in [0.2, 0.25) is 11.0 Å². The van der Waals surface area contributed by atoms with Gasteiger partial charge in [-0.2, -0.15) is 0 Å². The first kappa shape index (κ1) is 16.6. The number of nitrogens with one attached hydrogen (secondary N) is 1. The fourth-order valence-electron chi connectivity index (χ4n) is 1.30. The first-order valence-corrected chi connectivity index (χ1v) is 7.36. The number of amides is 1. The van der Waals surface area contributed by atoms with Crippen LogP contribution >= 0.6 is 0 Å². The van der Waals surface area contributed by atoms with E-state index in [1.54, 1.807) is 6.07 Å². The van der Waals surface area contributed by atoms with Crippen molar-refractivity contribution >= 4 is 15.9 Å². The lowest BCUT2D eigenvalue weighted by Crippen LogP contribution is -2.23. The molecule has 20 heavy (non-hydrogen) atoms. The average Bonchev–Trinajstić information content (AvgIpc) is 2.82. The smallest absolute Gasteiger partial charge is 0.275 e. The number of primary amides is 1. The Morgan fingerprint density at radius 3 is 2.75 bits per heavy atom. The van der Waals surface area contributed by atoms with E-state index < -0.39 is 15.9 Å². The summed E-state index contributed by atoms with van der Waals surface area (Å²) in [6, 6.07) is 3.00. The molecule has 114 valence electrons. The van der Waals surface area contributed by atoms with Gasteiger partial charge in [0.1, 0.15) is 12.4 Å². The van der Waals surface area contributed by atoms with Crippen molar-refractivity contribution < 1.29 is 22.4 Å². The molecule has 1 amide bonds. The highest BCUT2D eigenvalue weighted by Gasteiger charge is 2.21. The molecule has 1 rings (SSSR count). The summed E-state index contributed by atoms with van der Waals surface area (Å²) < 4.78 is 34.8. The standard InChI is InChI=1S/C11H19N3O5S/c1-14(2)20(16,17)11-4-3-9(19-11)7-13-5-6-18-8-10(12)15/h3-4,13H,5-8H2,1-2H3,(H2,12,15). The minimum absolute atomic E-state index is 0.0933. The van der Waals surface area contributed by atoms with Crippen LogP contribution in [0.3, 0.4) is 0 Å². The van der Waals surface area contributed by atoms with Gasteiger partial charge >= 0.3 is 0 Å². The second-order valence-electron chi connectivity index (χ2n) is 4.20. The Morgan fingerprint density at radius 2 is 2.15 bits per heavy atom. The maximum Gasteiger partial charge on any atom is 0.275 e. The average molecular weight is 305 g/mol. The lowest BCUT2D eigenvalue weighted by molar-refractivity contribution is -0.122. The Bertz CT molecular complexity index is 538. The Labute approximate surface area is 117 Å². The van der Waals surface area contributed by atoms with Gasteiger partial charge in [0.05, 0.1) is 13.2 Å². The monoisotopic (exact) mass is 305 g/mol. The van der Waals surface area contributed by atoms with E-state index in [1.807, 2.05) is 0 Å². The van der Waals surface area contributed by atoms with Crippen molar-refractivity contribution in [3.63, 3.8) is 0 Å². The number of carbonyl (C=O) groups excluding carboxylic acids is 1. The number of hydrogen-bond donors (Lipinski definition) is 2. The van der Waals surface area contributed by atoms with Gasteiger partial charge in [-0.25, -0.2) is 12.7 Å². The van der Waals surface area contributed by atoms with Crippen LogP contribution in [0.5, 0.6) is 0 Å². The molecule has 1 aromatic heterocycles. The minimum Gasteiger partial charge on any atom is -0.447 e. The lowest BCUT2D eigenvalue weighted by Gasteiger charge is -2.08. The molecule has 1 heterocycles. The van der Waals surface area contributed by atoms with Crippen LogP contribution in [-0.4, -0.2) is 52.5 Å². The van der Waals surface area contributed by atoms with E-state index in [4.69, 9.17) is 14.9 Å². The van der Waals surface area contributed by atoms with Crippen molar-refractivity contribution in [1.29, 1.82) is 0 Å². The van der Waals surface area contributed by atoms with Crippen LogP contribution in [0.15, 0.2) is 21.6 Å². The highest BCUT2D eigenvalue weighted by Crippen LogP contribution is 2.16. The van der Waals surface area contributed by atoms with Gasteiger partial charge in [0.25, 0.3) is 10.0 Å². The summed E-state index contributed by atoms with van der Waals surface area (Å²) in [4.78, 5) is 10.4. The Hall–Kier alpha value is -1.42. The molecule has 0 fully saturated rings. The van der Waals surface area contributed by atoms with Crippen LogP contribution in [0.25, 0.3) is 0 Å². The summed E-state index contributed by atoms with van der Waals surface area (Å²) in [7, 11) is -0.669. The lowest BCUT2D eigenvalue weighted by atomic mass is 10.4. The van der Waals surface area contributed by atoms with Gasteiger partial charge in [0.15, 0.2) is 0 Å². The predicted molar refractivity (Wildman–Crippen MR) is 71.3 cm³/mol. The molecule has 9 heteroatoms. The van der Waals surface area contributed by atoms with E-state index in [0.717, 1.165) is 4.31 Å². The number of carbonyl (C=O) groups is 1. The molecule has 0 unspecified atom stereocenters. The van der Waals surface area contributed by atoms with Gasteiger partial charge in [0, 0.05) is 20.6 Å². The molecule has 0 aliphatic rings. The maximum atomic E-state index is 11.8. The molecule has 1 aromatic rings. The van der Waals surface area contributed by atoms with E-state index >= 15 is 0 Å². The van der Waals surface area contributed by atoms with Gasteiger partial charge in [-0.05, 0) is 12.1 Å². The van der Waals surface area contributed by atoms with Crippen LogP contribution in [0.2, 0.25) is 0 Å². The summed E-state index contributed by atoms with van der Waals surface area (Å²) in [6.07, 6.45) is 0. The third-order valence-corrected chi connectivity index (χ3v) is 4.03.